The van der Waals surface area contributed by atoms with Gasteiger partial charge in [-0.1, -0.05) is 24.3 Å². The summed E-state index contributed by atoms with van der Waals surface area (Å²) in [5.74, 6) is 1.32. The molecule has 2 atom stereocenters. The van der Waals surface area contributed by atoms with Gasteiger partial charge >= 0.3 is 6.09 Å². The molecule has 0 aliphatic carbocycles. The van der Waals surface area contributed by atoms with Crippen LogP contribution in [0.4, 0.5) is 4.79 Å². The number of ether oxygens (including phenoxy) is 4. The highest BCUT2D eigenvalue weighted by Gasteiger charge is 2.55. The van der Waals surface area contributed by atoms with Crippen LogP contribution in [0.3, 0.4) is 0 Å². The number of benzene rings is 2. The van der Waals surface area contributed by atoms with E-state index < -0.39 is 17.9 Å². The van der Waals surface area contributed by atoms with Gasteiger partial charge in [0.25, 0.3) is 0 Å². The highest BCUT2D eigenvalue weighted by atomic mass is 16.6. The first-order valence-electron chi connectivity index (χ1n) is 8.52. The molecule has 1 saturated heterocycles. The van der Waals surface area contributed by atoms with Crippen molar-refractivity contribution in [3.8, 4) is 11.5 Å². The van der Waals surface area contributed by atoms with Crippen molar-refractivity contribution < 1.29 is 28.8 Å². The fourth-order valence-corrected chi connectivity index (χ4v) is 3.19. The molecule has 0 spiro atoms. The Kier molecular flexibility index (Phi) is 5.53. The third-order valence-electron chi connectivity index (χ3n) is 4.67. The van der Waals surface area contributed by atoms with Crippen LogP contribution in [-0.2, 0) is 15.2 Å². The Hall–Kier alpha value is -2.77. The molecule has 1 heterocycles. The first-order chi connectivity index (χ1) is 13.0. The Morgan fingerprint density at radius 3 is 2.07 bits per heavy atom. The third kappa shape index (κ3) is 3.43. The summed E-state index contributed by atoms with van der Waals surface area (Å²) in [4.78, 5) is 13.8. The van der Waals surface area contributed by atoms with Crippen LogP contribution in [0.1, 0.15) is 17.2 Å². The quantitative estimate of drug-likeness (QED) is 0.804. The van der Waals surface area contributed by atoms with Crippen molar-refractivity contribution in [1.82, 2.24) is 4.90 Å². The number of aliphatic hydroxyl groups is 1. The van der Waals surface area contributed by atoms with E-state index in [1.165, 1.54) is 12.0 Å². The Balaban J connectivity index is 2.05. The van der Waals surface area contributed by atoms with E-state index in [1.807, 2.05) is 0 Å². The summed E-state index contributed by atoms with van der Waals surface area (Å²) in [5.41, 5.74) is -0.510. The van der Waals surface area contributed by atoms with E-state index in [1.54, 1.807) is 62.8 Å². The average molecular weight is 373 g/mol. The normalized spacial score (nSPS) is 21.9. The maximum Gasteiger partial charge on any atom is 0.413 e. The SMILES string of the molecule is COCCN1C(=O)O[C@@H](c2ccc(OC)cc2)[C@@]1(O)c1ccc(OC)cc1. The number of carbonyl (C=O) groups is 1. The summed E-state index contributed by atoms with van der Waals surface area (Å²) in [6, 6.07) is 14.0. The molecule has 0 unspecified atom stereocenters. The summed E-state index contributed by atoms with van der Waals surface area (Å²) in [6.07, 6.45) is -1.51. The summed E-state index contributed by atoms with van der Waals surface area (Å²) >= 11 is 0. The minimum Gasteiger partial charge on any atom is -0.497 e. The number of hydrogen-bond acceptors (Lipinski definition) is 6. The molecule has 1 aliphatic rings. The zero-order valence-corrected chi connectivity index (χ0v) is 15.5. The molecule has 0 saturated carbocycles. The lowest BCUT2D eigenvalue weighted by Gasteiger charge is -2.34. The summed E-state index contributed by atoms with van der Waals surface area (Å²) in [6.45, 7) is 0.452. The van der Waals surface area contributed by atoms with Crippen molar-refractivity contribution in [1.29, 1.82) is 0 Å². The minimum atomic E-state index is -1.68. The molecule has 1 fully saturated rings. The van der Waals surface area contributed by atoms with Gasteiger partial charge in [0, 0.05) is 12.7 Å². The van der Waals surface area contributed by atoms with Crippen LogP contribution in [0.15, 0.2) is 48.5 Å². The Bertz CT molecular complexity index is 776. The average Bonchev–Trinajstić information content (AvgIpc) is 2.97. The van der Waals surface area contributed by atoms with Crippen LogP contribution in [0.5, 0.6) is 11.5 Å². The second-order valence-corrected chi connectivity index (χ2v) is 6.14. The lowest BCUT2D eigenvalue weighted by molar-refractivity contribution is -0.113. The molecular formula is C20H23NO6. The molecule has 2 aromatic rings. The molecule has 7 heteroatoms. The summed E-state index contributed by atoms with van der Waals surface area (Å²) < 4.78 is 21.0. The van der Waals surface area contributed by atoms with E-state index in [4.69, 9.17) is 18.9 Å². The Morgan fingerprint density at radius 1 is 1.00 bits per heavy atom. The van der Waals surface area contributed by atoms with Gasteiger partial charge in [0.05, 0.1) is 27.4 Å². The smallest absolute Gasteiger partial charge is 0.413 e. The van der Waals surface area contributed by atoms with Crippen molar-refractivity contribution in [2.45, 2.75) is 11.8 Å². The van der Waals surface area contributed by atoms with Gasteiger partial charge in [-0.05, 0) is 29.8 Å². The van der Waals surface area contributed by atoms with Gasteiger partial charge in [-0.3, -0.25) is 4.90 Å². The Labute approximate surface area is 158 Å². The van der Waals surface area contributed by atoms with E-state index in [0.717, 1.165) is 0 Å². The monoisotopic (exact) mass is 373 g/mol. The summed E-state index contributed by atoms with van der Waals surface area (Å²) in [5, 5.41) is 11.7. The number of carbonyl (C=O) groups excluding carboxylic acids is 1. The first-order valence-corrected chi connectivity index (χ1v) is 8.52. The maximum absolute atomic E-state index is 12.5. The van der Waals surface area contributed by atoms with Crippen LogP contribution >= 0.6 is 0 Å². The van der Waals surface area contributed by atoms with Crippen LogP contribution in [0.2, 0.25) is 0 Å². The largest absolute Gasteiger partial charge is 0.497 e. The van der Waals surface area contributed by atoms with Gasteiger partial charge in [0.2, 0.25) is 5.72 Å². The fraction of sp³-hybridized carbons (Fsp3) is 0.350. The number of methoxy groups -OCH3 is 3. The number of hydrogen-bond donors (Lipinski definition) is 1. The molecule has 7 nitrogen and oxygen atoms in total. The predicted octanol–water partition coefficient (Wildman–Crippen LogP) is 2.69. The zero-order valence-electron chi connectivity index (χ0n) is 15.5. The van der Waals surface area contributed by atoms with E-state index in [9.17, 15) is 9.90 Å². The van der Waals surface area contributed by atoms with Gasteiger partial charge in [0.15, 0.2) is 6.10 Å². The van der Waals surface area contributed by atoms with Gasteiger partial charge in [-0.25, -0.2) is 4.79 Å². The number of rotatable bonds is 7. The number of cyclic esters (lactones) is 1. The van der Waals surface area contributed by atoms with Gasteiger partial charge in [-0.15, -0.1) is 0 Å². The molecular weight excluding hydrogens is 350 g/mol. The van der Waals surface area contributed by atoms with Gasteiger partial charge < -0.3 is 24.1 Å². The summed E-state index contributed by atoms with van der Waals surface area (Å²) in [7, 11) is 4.68. The van der Waals surface area contributed by atoms with Gasteiger partial charge in [-0.2, -0.15) is 0 Å². The van der Waals surface area contributed by atoms with E-state index in [0.29, 0.717) is 22.6 Å². The lowest BCUT2D eigenvalue weighted by Crippen LogP contribution is -2.47. The first kappa shape index (κ1) is 19.0. The predicted molar refractivity (Wildman–Crippen MR) is 97.7 cm³/mol. The minimum absolute atomic E-state index is 0.185. The maximum atomic E-state index is 12.5. The van der Waals surface area contributed by atoms with Crippen LogP contribution in [-0.4, -0.2) is 50.6 Å². The highest BCUT2D eigenvalue weighted by Crippen LogP contribution is 2.46. The van der Waals surface area contributed by atoms with Crippen molar-refractivity contribution in [2.75, 3.05) is 34.5 Å². The zero-order chi connectivity index (χ0) is 19.4. The molecule has 0 aromatic heterocycles. The fourth-order valence-electron chi connectivity index (χ4n) is 3.19. The van der Waals surface area contributed by atoms with Crippen LogP contribution in [0, 0.1) is 0 Å². The molecule has 0 radical (unpaired) electrons. The molecule has 1 amide bonds. The van der Waals surface area contributed by atoms with Crippen LogP contribution < -0.4 is 9.47 Å². The van der Waals surface area contributed by atoms with Crippen molar-refractivity contribution >= 4 is 6.09 Å². The second kappa shape index (κ2) is 7.85. The molecule has 0 bridgehead atoms. The third-order valence-corrected chi connectivity index (χ3v) is 4.67. The highest BCUT2D eigenvalue weighted by molar-refractivity contribution is 5.72. The number of nitrogens with zero attached hydrogens (tertiary/aromatic N) is 1. The Morgan fingerprint density at radius 2 is 1.56 bits per heavy atom. The molecule has 2 aromatic carbocycles. The molecule has 144 valence electrons. The van der Waals surface area contributed by atoms with Crippen molar-refractivity contribution in [2.24, 2.45) is 0 Å². The topological polar surface area (TPSA) is 77.5 Å². The number of amides is 1. The standard InChI is InChI=1S/C20H23NO6/c1-24-13-12-21-19(22)27-18(14-4-8-16(25-2)9-5-14)20(21,23)15-6-10-17(26-3)11-7-15/h4-11,18,23H,12-13H2,1-3H3/t18-,20-/m0/s1. The van der Waals surface area contributed by atoms with Crippen molar-refractivity contribution in [3.63, 3.8) is 0 Å². The van der Waals surface area contributed by atoms with Crippen LogP contribution in [0.25, 0.3) is 0 Å². The molecule has 1 N–H and O–H groups in total. The molecule has 1 aliphatic heterocycles. The van der Waals surface area contributed by atoms with E-state index in [2.05, 4.69) is 0 Å². The lowest BCUT2D eigenvalue weighted by atomic mass is 9.91. The van der Waals surface area contributed by atoms with E-state index >= 15 is 0 Å². The van der Waals surface area contributed by atoms with E-state index in [-0.39, 0.29) is 13.2 Å². The second-order valence-electron chi connectivity index (χ2n) is 6.14. The van der Waals surface area contributed by atoms with Gasteiger partial charge in [0.1, 0.15) is 11.5 Å². The van der Waals surface area contributed by atoms with Crippen molar-refractivity contribution in [3.05, 3.63) is 59.7 Å². The molecule has 27 heavy (non-hydrogen) atoms. The molecule has 3 rings (SSSR count).